The second-order valence-electron chi connectivity index (χ2n) is 11.3. The van der Waals surface area contributed by atoms with Crippen molar-refractivity contribution in [3.63, 3.8) is 0 Å². The molecule has 0 saturated carbocycles. The van der Waals surface area contributed by atoms with E-state index in [1.54, 1.807) is 26.8 Å². The third kappa shape index (κ3) is 18.8. The van der Waals surface area contributed by atoms with Gasteiger partial charge in [0.15, 0.2) is 0 Å². The van der Waals surface area contributed by atoms with Crippen LogP contribution in [0.15, 0.2) is 24.3 Å². The summed E-state index contributed by atoms with van der Waals surface area (Å²) in [7, 11) is 0. The molecule has 0 bridgehead atoms. The first-order valence-electron chi connectivity index (χ1n) is 15.9. The monoisotopic (exact) mass is 668 g/mol. The van der Waals surface area contributed by atoms with E-state index in [2.05, 4.69) is 0 Å². The molecule has 1 aromatic carbocycles. The molecule has 16 heteroatoms. The number of anilines is 1. The summed E-state index contributed by atoms with van der Waals surface area (Å²) in [6.45, 7) is 4.83. The standard InChI is InChI=1S/C29H46N6O10.C2H6/c30-23-6-4-22(5-7-23)2-1-3-24(35(20-28(42)43)21-29(44)45)16-31-8-10-32(17-25(36)37)12-14-34(19-27(40)41)15-13-33(11-9-31)18-26(38)39;1-2/h4-7,24H,1-3,8-21,30H2,(H,36,37)(H,38,39)(H,40,41)(H,42,43)(H,44,45);1-2H3. The maximum absolute atomic E-state index is 11.7. The molecule has 0 radical (unpaired) electrons. The molecule has 1 aromatic rings. The van der Waals surface area contributed by atoms with Gasteiger partial charge in [-0.25, -0.2) is 0 Å². The lowest BCUT2D eigenvalue weighted by molar-refractivity contribution is -0.143. The van der Waals surface area contributed by atoms with Gasteiger partial charge in [0.2, 0.25) is 0 Å². The first-order valence-corrected chi connectivity index (χ1v) is 15.9. The van der Waals surface area contributed by atoms with Crippen molar-refractivity contribution in [3.05, 3.63) is 29.8 Å². The Morgan fingerprint density at radius 2 is 1.00 bits per heavy atom. The third-order valence-electron chi connectivity index (χ3n) is 7.65. The van der Waals surface area contributed by atoms with Crippen LogP contribution in [-0.4, -0.2) is 178 Å². The lowest BCUT2D eigenvalue weighted by atomic mass is 10.0. The van der Waals surface area contributed by atoms with Crippen LogP contribution in [0.25, 0.3) is 0 Å². The number of aliphatic carboxylic acids is 5. The molecule has 47 heavy (non-hydrogen) atoms. The Morgan fingerprint density at radius 3 is 1.34 bits per heavy atom. The highest BCUT2D eigenvalue weighted by atomic mass is 16.4. The molecule has 0 spiro atoms. The number of benzene rings is 1. The maximum atomic E-state index is 11.7. The second-order valence-corrected chi connectivity index (χ2v) is 11.3. The van der Waals surface area contributed by atoms with E-state index in [1.165, 1.54) is 4.90 Å². The van der Waals surface area contributed by atoms with Crippen LogP contribution in [0, 0.1) is 0 Å². The van der Waals surface area contributed by atoms with E-state index in [4.69, 9.17) is 5.73 Å². The van der Waals surface area contributed by atoms with Crippen LogP contribution in [-0.2, 0) is 30.4 Å². The van der Waals surface area contributed by atoms with Crippen molar-refractivity contribution in [1.29, 1.82) is 0 Å². The minimum Gasteiger partial charge on any atom is -0.480 e. The highest BCUT2D eigenvalue weighted by molar-refractivity contribution is 5.72. The molecule has 1 aliphatic heterocycles. The zero-order chi connectivity index (χ0) is 35.4. The Balaban J connectivity index is 0.00000541. The van der Waals surface area contributed by atoms with Crippen molar-refractivity contribution in [2.75, 3.05) is 97.4 Å². The molecular weight excluding hydrogens is 616 g/mol. The number of nitrogens with zero attached hydrogens (tertiary/aromatic N) is 5. The fourth-order valence-corrected chi connectivity index (χ4v) is 5.38. The maximum Gasteiger partial charge on any atom is 0.317 e. The molecule has 7 N–H and O–H groups in total. The SMILES string of the molecule is CC.Nc1ccc(CCCC(CN2CCN(CC(=O)O)CCN(CC(=O)O)CCN(CC(=O)O)CC2)N(CC(=O)O)CC(=O)O)cc1. The largest absolute Gasteiger partial charge is 0.480 e. The van der Waals surface area contributed by atoms with Gasteiger partial charge in [0.05, 0.1) is 32.7 Å². The molecule has 1 aliphatic rings. The molecule has 0 aliphatic carbocycles. The number of nitrogens with two attached hydrogens (primary N) is 1. The summed E-state index contributed by atoms with van der Waals surface area (Å²) in [5.74, 6) is -5.46. The Bertz CT molecular complexity index is 1070. The van der Waals surface area contributed by atoms with E-state index in [0.29, 0.717) is 51.1 Å². The summed E-state index contributed by atoms with van der Waals surface area (Å²) in [5.41, 5.74) is 7.44. The van der Waals surface area contributed by atoms with Crippen LogP contribution in [0.4, 0.5) is 5.69 Å². The number of rotatable bonds is 17. The zero-order valence-electron chi connectivity index (χ0n) is 27.5. The molecule has 1 saturated heterocycles. The summed E-state index contributed by atoms with van der Waals surface area (Å²) < 4.78 is 0. The van der Waals surface area contributed by atoms with Gasteiger partial charge in [0.1, 0.15) is 0 Å². The highest BCUT2D eigenvalue weighted by Gasteiger charge is 2.27. The quantitative estimate of drug-likeness (QED) is 0.119. The van der Waals surface area contributed by atoms with Gasteiger partial charge in [-0.2, -0.15) is 0 Å². The minimum atomic E-state index is -1.17. The van der Waals surface area contributed by atoms with Crippen molar-refractivity contribution < 1.29 is 49.5 Å². The Hall–Kier alpha value is -3.83. The van der Waals surface area contributed by atoms with E-state index in [1.807, 2.05) is 30.9 Å². The lowest BCUT2D eigenvalue weighted by Gasteiger charge is -2.37. The number of carboxylic acids is 5. The van der Waals surface area contributed by atoms with E-state index in [-0.39, 0.29) is 52.4 Å². The smallest absolute Gasteiger partial charge is 0.317 e. The zero-order valence-corrected chi connectivity index (χ0v) is 27.5. The van der Waals surface area contributed by atoms with E-state index in [0.717, 1.165) is 5.56 Å². The van der Waals surface area contributed by atoms with Gasteiger partial charge in [-0.1, -0.05) is 26.0 Å². The molecule has 0 aromatic heterocycles. The fourth-order valence-electron chi connectivity index (χ4n) is 5.38. The first kappa shape index (κ1) is 41.2. The fraction of sp³-hybridized carbons (Fsp3) is 0.645. The van der Waals surface area contributed by atoms with Crippen LogP contribution in [0.1, 0.15) is 32.3 Å². The number of carboxylic acid groups (broad SMARTS) is 5. The molecule has 0 amide bonds. The van der Waals surface area contributed by atoms with Gasteiger partial charge in [0.25, 0.3) is 0 Å². The van der Waals surface area contributed by atoms with Gasteiger partial charge in [-0.05, 0) is 37.0 Å². The van der Waals surface area contributed by atoms with Gasteiger partial charge in [-0.15, -0.1) is 0 Å². The third-order valence-corrected chi connectivity index (χ3v) is 7.65. The Kier molecular flexibility index (Phi) is 19.9. The van der Waals surface area contributed by atoms with Crippen molar-refractivity contribution in [2.45, 2.75) is 39.2 Å². The number of nitrogen functional groups attached to an aromatic ring is 1. The summed E-state index contributed by atoms with van der Waals surface area (Å²) in [6, 6.07) is 6.90. The molecular formula is C31H52N6O10. The van der Waals surface area contributed by atoms with Gasteiger partial charge >= 0.3 is 29.8 Å². The van der Waals surface area contributed by atoms with Crippen LogP contribution in [0.5, 0.6) is 0 Å². The van der Waals surface area contributed by atoms with Crippen LogP contribution in [0.2, 0.25) is 0 Å². The van der Waals surface area contributed by atoms with Gasteiger partial charge < -0.3 is 31.3 Å². The second kappa shape index (κ2) is 22.7. The predicted octanol–water partition coefficient (Wildman–Crippen LogP) is -0.0671. The lowest BCUT2D eigenvalue weighted by Crippen LogP contribution is -2.52. The number of aryl methyl sites for hydroxylation is 1. The summed E-state index contributed by atoms with van der Waals surface area (Å²) in [6.07, 6.45) is 1.77. The molecule has 266 valence electrons. The normalized spacial score (nSPS) is 16.7. The van der Waals surface area contributed by atoms with Crippen LogP contribution < -0.4 is 5.73 Å². The molecule has 1 atom stereocenters. The molecule has 1 heterocycles. The predicted molar refractivity (Wildman–Crippen MR) is 174 cm³/mol. The van der Waals surface area contributed by atoms with Crippen molar-refractivity contribution in [2.24, 2.45) is 0 Å². The minimum absolute atomic E-state index is 0.263. The average Bonchev–Trinajstić information content (AvgIpc) is 2.98. The Morgan fingerprint density at radius 1 is 0.638 bits per heavy atom. The first-order chi connectivity index (χ1) is 22.3. The highest BCUT2D eigenvalue weighted by Crippen LogP contribution is 2.15. The Labute approximate surface area is 275 Å². The summed E-state index contributed by atoms with van der Waals surface area (Å²) in [4.78, 5) is 66.5. The number of carbonyl (C=O) groups is 5. The van der Waals surface area contributed by atoms with Crippen LogP contribution in [0.3, 0.4) is 0 Å². The van der Waals surface area contributed by atoms with Crippen molar-refractivity contribution in [1.82, 2.24) is 24.5 Å². The number of hydrogen-bond donors (Lipinski definition) is 6. The van der Waals surface area contributed by atoms with Gasteiger partial charge in [-0.3, -0.25) is 48.5 Å². The molecule has 16 nitrogen and oxygen atoms in total. The van der Waals surface area contributed by atoms with E-state index in [9.17, 15) is 49.5 Å². The van der Waals surface area contributed by atoms with Gasteiger partial charge in [0, 0.05) is 70.6 Å². The van der Waals surface area contributed by atoms with Crippen LogP contribution >= 0.6 is 0 Å². The summed E-state index contributed by atoms with van der Waals surface area (Å²) >= 11 is 0. The van der Waals surface area contributed by atoms with Crippen molar-refractivity contribution in [3.8, 4) is 0 Å². The average molecular weight is 669 g/mol. The summed E-state index contributed by atoms with van der Waals surface area (Å²) in [5, 5.41) is 47.5. The molecule has 1 unspecified atom stereocenters. The number of hydrogen-bond acceptors (Lipinski definition) is 11. The van der Waals surface area contributed by atoms with Crippen molar-refractivity contribution >= 4 is 35.5 Å². The van der Waals surface area contributed by atoms with E-state index >= 15 is 0 Å². The van der Waals surface area contributed by atoms with E-state index < -0.39 is 49.0 Å². The topological polar surface area (TPSA) is 229 Å². The molecule has 1 fully saturated rings. The molecule has 2 rings (SSSR count).